The van der Waals surface area contributed by atoms with E-state index >= 15 is 0 Å². The molecule has 0 spiro atoms. The standard InChI is InChI=1S/C25H17F6NO2/c1-23(2,15-6-4-3-5-7-15)16-8-9-20-19(13-16)22(33)34-21(32-20)14-10-17(24(26,27)28)12-18(11-14)25(29,30)31/h3-13H,1-2H3. The number of aromatic nitrogens is 1. The Hall–Kier alpha value is -3.62. The SMILES string of the molecule is CC(C)(c1ccccc1)c1ccc2nc(-c3cc(C(F)(F)F)cc(C(F)(F)F)c3)oc(=O)c2c1. The van der Waals surface area contributed by atoms with E-state index < -0.39 is 46.0 Å². The van der Waals surface area contributed by atoms with Crippen LogP contribution in [0.15, 0.2) is 75.9 Å². The lowest BCUT2D eigenvalue weighted by atomic mass is 9.78. The smallest absolute Gasteiger partial charge is 0.403 e. The highest BCUT2D eigenvalue weighted by Crippen LogP contribution is 2.38. The average molecular weight is 477 g/mol. The Morgan fingerprint density at radius 2 is 1.29 bits per heavy atom. The van der Waals surface area contributed by atoms with Crippen LogP contribution in [0.1, 0.15) is 36.1 Å². The Kier molecular flexibility index (Phi) is 5.54. The van der Waals surface area contributed by atoms with E-state index in [1.807, 2.05) is 44.2 Å². The highest BCUT2D eigenvalue weighted by atomic mass is 19.4. The van der Waals surface area contributed by atoms with Gasteiger partial charge in [-0.15, -0.1) is 0 Å². The first-order valence-corrected chi connectivity index (χ1v) is 10.1. The molecule has 1 heterocycles. The summed E-state index contributed by atoms with van der Waals surface area (Å²) in [5, 5.41) is 0.0632. The molecule has 0 radical (unpaired) electrons. The van der Waals surface area contributed by atoms with Gasteiger partial charge in [0.1, 0.15) is 0 Å². The fraction of sp³-hybridized carbons (Fsp3) is 0.200. The van der Waals surface area contributed by atoms with Crippen LogP contribution < -0.4 is 5.63 Å². The Bertz CT molecular complexity index is 1390. The molecule has 9 heteroatoms. The van der Waals surface area contributed by atoms with Crippen LogP contribution in [0.2, 0.25) is 0 Å². The van der Waals surface area contributed by atoms with E-state index in [-0.39, 0.29) is 17.0 Å². The van der Waals surface area contributed by atoms with Gasteiger partial charge in [-0.2, -0.15) is 26.3 Å². The third kappa shape index (κ3) is 4.42. The van der Waals surface area contributed by atoms with Crippen LogP contribution in [0.3, 0.4) is 0 Å². The molecule has 176 valence electrons. The van der Waals surface area contributed by atoms with Gasteiger partial charge >= 0.3 is 18.0 Å². The second-order valence-corrected chi connectivity index (χ2v) is 8.32. The van der Waals surface area contributed by atoms with Crippen molar-refractivity contribution in [2.45, 2.75) is 31.6 Å². The number of benzene rings is 3. The summed E-state index contributed by atoms with van der Waals surface area (Å²) in [7, 11) is 0. The van der Waals surface area contributed by atoms with Gasteiger partial charge in [0.2, 0.25) is 5.89 Å². The molecule has 34 heavy (non-hydrogen) atoms. The van der Waals surface area contributed by atoms with Crippen molar-refractivity contribution in [3.63, 3.8) is 0 Å². The molecule has 0 atom stereocenters. The van der Waals surface area contributed by atoms with Gasteiger partial charge in [-0.05, 0) is 41.5 Å². The van der Waals surface area contributed by atoms with Crippen molar-refractivity contribution >= 4 is 10.9 Å². The van der Waals surface area contributed by atoms with E-state index in [0.29, 0.717) is 12.1 Å². The van der Waals surface area contributed by atoms with Crippen molar-refractivity contribution in [2.75, 3.05) is 0 Å². The van der Waals surface area contributed by atoms with Crippen LogP contribution >= 0.6 is 0 Å². The number of halogens is 6. The Morgan fingerprint density at radius 3 is 1.85 bits per heavy atom. The molecular formula is C25H17F6NO2. The van der Waals surface area contributed by atoms with Crippen LogP contribution in [-0.2, 0) is 17.8 Å². The van der Waals surface area contributed by atoms with Crippen LogP contribution in [0.5, 0.6) is 0 Å². The third-order valence-corrected chi connectivity index (χ3v) is 5.68. The molecule has 0 fully saturated rings. The highest BCUT2D eigenvalue weighted by molar-refractivity contribution is 5.80. The van der Waals surface area contributed by atoms with E-state index in [2.05, 4.69) is 4.98 Å². The summed E-state index contributed by atoms with van der Waals surface area (Å²) >= 11 is 0. The van der Waals surface area contributed by atoms with Crippen molar-refractivity contribution in [1.29, 1.82) is 0 Å². The quantitative estimate of drug-likeness (QED) is 0.293. The Labute approximate surface area is 189 Å². The number of hydrogen-bond donors (Lipinski definition) is 0. The van der Waals surface area contributed by atoms with Gasteiger partial charge in [-0.25, -0.2) is 9.78 Å². The molecule has 0 aliphatic rings. The van der Waals surface area contributed by atoms with Crippen molar-refractivity contribution in [3.05, 3.63) is 99.4 Å². The molecule has 0 saturated carbocycles. The number of fused-ring (bicyclic) bond motifs is 1. The molecule has 1 aromatic heterocycles. The molecule has 3 aromatic carbocycles. The summed E-state index contributed by atoms with van der Waals surface area (Å²) in [6.07, 6.45) is -10.1. The fourth-order valence-corrected chi connectivity index (χ4v) is 3.68. The van der Waals surface area contributed by atoms with Crippen molar-refractivity contribution in [1.82, 2.24) is 4.98 Å². The Balaban J connectivity index is 1.86. The van der Waals surface area contributed by atoms with E-state index in [1.165, 1.54) is 6.07 Å². The van der Waals surface area contributed by atoms with Crippen LogP contribution in [0.25, 0.3) is 22.4 Å². The van der Waals surface area contributed by atoms with Gasteiger partial charge in [0.25, 0.3) is 0 Å². The normalized spacial score (nSPS) is 12.8. The molecular weight excluding hydrogens is 460 g/mol. The van der Waals surface area contributed by atoms with Crippen molar-refractivity contribution in [3.8, 4) is 11.5 Å². The monoisotopic (exact) mass is 477 g/mol. The van der Waals surface area contributed by atoms with E-state index in [4.69, 9.17) is 4.42 Å². The van der Waals surface area contributed by atoms with Crippen molar-refractivity contribution in [2.24, 2.45) is 0 Å². The summed E-state index contributed by atoms with van der Waals surface area (Å²) in [6, 6.07) is 15.2. The summed E-state index contributed by atoms with van der Waals surface area (Å²) < 4.78 is 84.3. The van der Waals surface area contributed by atoms with Gasteiger partial charge in [-0.3, -0.25) is 0 Å². The second kappa shape index (κ2) is 8.00. The second-order valence-electron chi connectivity index (χ2n) is 8.32. The van der Waals surface area contributed by atoms with Crippen LogP contribution in [0.4, 0.5) is 26.3 Å². The molecule has 0 saturated heterocycles. The van der Waals surface area contributed by atoms with E-state index in [9.17, 15) is 31.1 Å². The number of hydrogen-bond acceptors (Lipinski definition) is 3. The third-order valence-electron chi connectivity index (χ3n) is 5.68. The summed E-state index contributed by atoms with van der Waals surface area (Å²) in [4.78, 5) is 16.7. The fourth-order valence-electron chi connectivity index (χ4n) is 3.68. The maximum atomic E-state index is 13.2. The zero-order valence-electron chi connectivity index (χ0n) is 17.9. The molecule has 0 amide bonds. The largest absolute Gasteiger partial charge is 0.416 e. The minimum atomic E-state index is -5.04. The summed E-state index contributed by atoms with van der Waals surface area (Å²) in [6.45, 7) is 3.91. The lowest BCUT2D eigenvalue weighted by Crippen LogP contribution is -2.19. The lowest BCUT2D eigenvalue weighted by molar-refractivity contribution is -0.143. The van der Waals surface area contributed by atoms with Gasteiger partial charge in [0, 0.05) is 11.0 Å². The van der Waals surface area contributed by atoms with Gasteiger partial charge in [0.15, 0.2) is 0 Å². The first kappa shape index (κ1) is 23.5. The molecule has 0 aliphatic carbocycles. The average Bonchev–Trinajstić information content (AvgIpc) is 2.78. The highest BCUT2D eigenvalue weighted by Gasteiger charge is 2.37. The predicted octanol–water partition coefficient (Wildman–Crippen LogP) is 7.22. The predicted molar refractivity (Wildman–Crippen MR) is 114 cm³/mol. The Morgan fingerprint density at radius 1 is 0.706 bits per heavy atom. The lowest BCUT2D eigenvalue weighted by Gasteiger charge is -2.26. The van der Waals surface area contributed by atoms with Crippen LogP contribution in [-0.4, -0.2) is 4.98 Å². The minimum absolute atomic E-state index is 0.000591. The first-order chi connectivity index (χ1) is 15.8. The number of rotatable bonds is 3. The van der Waals surface area contributed by atoms with E-state index in [1.54, 1.807) is 12.1 Å². The number of alkyl halides is 6. The van der Waals surface area contributed by atoms with Gasteiger partial charge in [-0.1, -0.05) is 50.2 Å². The molecule has 0 bridgehead atoms. The summed E-state index contributed by atoms with van der Waals surface area (Å²) in [5.74, 6) is -0.635. The van der Waals surface area contributed by atoms with E-state index in [0.717, 1.165) is 11.1 Å². The van der Waals surface area contributed by atoms with Crippen LogP contribution in [0, 0.1) is 0 Å². The molecule has 0 N–H and O–H groups in total. The zero-order valence-corrected chi connectivity index (χ0v) is 17.9. The first-order valence-electron chi connectivity index (χ1n) is 10.1. The van der Waals surface area contributed by atoms with Gasteiger partial charge < -0.3 is 4.42 Å². The number of nitrogens with zero attached hydrogens (tertiary/aromatic N) is 1. The molecule has 0 unspecified atom stereocenters. The summed E-state index contributed by atoms with van der Waals surface area (Å²) in [5.41, 5.74) is -3.25. The topological polar surface area (TPSA) is 43.1 Å². The minimum Gasteiger partial charge on any atom is -0.403 e. The molecule has 3 nitrogen and oxygen atoms in total. The van der Waals surface area contributed by atoms with Gasteiger partial charge in [0.05, 0.1) is 22.0 Å². The maximum absolute atomic E-state index is 13.2. The van der Waals surface area contributed by atoms with Crippen molar-refractivity contribution < 1.29 is 30.8 Å². The molecule has 4 rings (SSSR count). The molecule has 4 aromatic rings. The zero-order chi connectivity index (χ0) is 24.9. The molecule has 0 aliphatic heterocycles. The maximum Gasteiger partial charge on any atom is 0.416 e.